The third kappa shape index (κ3) is 4.21. The molecule has 1 amide bonds. The summed E-state index contributed by atoms with van der Waals surface area (Å²) in [4.78, 5) is 11.8. The summed E-state index contributed by atoms with van der Waals surface area (Å²) in [5, 5.41) is 2.79. The van der Waals surface area contributed by atoms with Gasteiger partial charge in [0.25, 0.3) is 5.91 Å². The van der Waals surface area contributed by atoms with Crippen LogP contribution in [0.15, 0.2) is 24.3 Å². The first kappa shape index (κ1) is 13.8. The molecule has 0 saturated carbocycles. The van der Waals surface area contributed by atoms with Gasteiger partial charge in [0.2, 0.25) is 0 Å². The van der Waals surface area contributed by atoms with Gasteiger partial charge >= 0.3 is 0 Å². The molecule has 1 aromatic carbocycles. The summed E-state index contributed by atoms with van der Waals surface area (Å²) in [7, 11) is 0. The van der Waals surface area contributed by atoms with Crippen molar-refractivity contribution in [1.82, 2.24) is 5.32 Å². The summed E-state index contributed by atoms with van der Waals surface area (Å²) in [6.45, 7) is 2.94. The zero-order valence-corrected chi connectivity index (χ0v) is 10.9. The number of carbonyl (C=O) groups excluding carboxylic acids is 1. The summed E-state index contributed by atoms with van der Waals surface area (Å²) < 4.78 is 23.6. The highest BCUT2D eigenvalue weighted by Crippen LogP contribution is 2.13. The van der Waals surface area contributed by atoms with Crippen molar-refractivity contribution < 1.29 is 18.7 Å². The molecule has 1 heterocycles. The van der Waals surface area contributed by atoms with Gasteiger partial charge in [0.1, 0.15) is 11.6 Å². The number of carbonyl (C=O) groups is 1. The van der Waals surface area contributed by atoms with E-state index in [-0.39, 0.29) is 17.8 Å². The molecule has 1 saturated heterocycles. The first-order chi connectivity index (χ1) is 9.15. The van der Waals surface area contributed by atoms with Gasteiger partial charge in [-0.05, 0) is 44.0 Å². The number of halogens is 1. The molecule has 0 spiro atoms. The largest absolute Gasteiger partial charge is 0.481 e. The fourth-order valence-corrected chi connectivity index (χ4v) is 1.93. The molecule has 1 aliphatic heterocycles. The maximum absolute atomic E-state index is 12.7. The lowest BCUT2D eigenvalue weighted by Crippen LogP contribution is -2.40. The summed E-state index contributed by atoms with van der Waals surface area (Å²) >= 11 is 0. The van der Waals surface area contributed by atoms with E-state index >= 15 is 0 Å². The first-order valence-corrected chi connectivity index (χ1v) is 6.46. The van der Waals surface area contributed by atoms with Crippen LogP contribution in [0.25, 0.3) is 0 Å². The normalized spacial score (nSPS) is 20.0. The van der Waals surface area contributed by atoms with Gasteiger partial charge in [0.15, 0.2) is 6.10 Å². The van der Waals surface area contributed by atoms with Crippen molar-refractivity contribution in [2.45, 2.75) is 32.0 Å². The molecule has 5 heteroatoms. The lowest BCUT2D eigenvalue weighted by atomic mass is 10.2. The van der Waals surface area contributed by atoms with E-state index in [0.717, 1.165) is 19.4 Å². The number of hydrogen-bond donors (Lipinski definition) is 1. The summed E-state index contributed by atoms with van der Waals surface area (Å²) in [5.74, 6) is -0.0520. The number of ether oxygens (including phenoxy) is 2. The van der Waals surface area contributed by atoms with Crippen LogP contribution >= 0.6 is 0 Å². The first-order valence-electron chi connectivity index (χ1n) is 6.46. The minimum absolute atomic E-state index is 0.113. The van der Waals surface area contributed by atoms with Crippen molar-refractivity contribution in [3.8, 4) is 5.75 Å². The Labute approximate surface area is 111 Å². The zero-order valence-electron chi connectivity index (χ0n) is 10.9. The minimum Gasteiger partial charge on any atom is -0.481 e. The Balaban J connectivity index is 1.76. The Kier molecular flexibility index (Phi) is 4.74. The highest BCUT2D eigenvalue weighted by molar-refractivity contribution is 5.80. The monoisotopic (exact) mass is 267 g/mol. The Bertz CT molecular complexity index is 415. The van der Waals surface area contributed by atoms with Gasteiger partial charge in [0.05, 0.1) is 6.10 Å². The Hall–Kier alpha value is -1.62. The van der Waals surface area contributed by atoms with E-state index in [4.69, 9.17) is 9.47 Å². The fraction of sp³-hybridized carbons (Fsp3) is 0.500. The van der Waals surface area contributed by atoms with E-state index in [1.54, 1.807) is 6.92 Å². The Morgan fingerprint density at radius 2 is 2.26 bits per heavy atom. The van der Waals surface area contributed by atoms with Crippen LogP contribution in [-0.4, -0.2) is 31.3 Å². The van der Waals surface area contributed by atoms with Crippen molar-refractivity contribution in [2.24, 2.45) is 0 Å². The predicted octanol–water partition coefficient (Wildman–Crippen LogP) is 1.89. The average molecular weight is 267 g/mol. The van der Waals surface area contributed by atoms with Crippen LogP contribution in [0.1, 0.15) is 19.8 Å². The number of benzene rings is 1. The second-order valence-electron chi connectivity index (χ2n) is 4.59. The highest BCUT2D eigenvalue weighted by atomic mass is 19.1. The van der Waals surface area contributed by atoms with Crippen LogP contribution in [0, 0.1) is 5.82 Å². The molecule has 4 nitrogen and oxygen atoms in total. The molecule has 2 atom stereocenters. The number of rotatable bonds is 5. The molecule has 0 unspecified atom stereocenters. The predicted molar refractivity (Wildman–Crippen MR) is 68.5 cm³/mol. The molecule has 1 aliphatic rings. The van der Waals surface area contributed by atoms with Crippen molar-refractivity contribution in [3.05, 3.63) is 30.1 Å². The van der Waals surface area contributed by atoms with Gasteiger partial charge in [-0.2, -0.15) is 0 Å². The van der Waals surface area contributed by atoms with E-state index in [9.17, 15) is 9.18 Å². The summed E-state index contributed by atoms with van der Waals surface area (Å²) in [6.07, 6.45) is 1.52. The lowest BCUT2D eigenvalue weighted by molar-refractivity contribution is -0.127. The third-order valence-electron chi connectivity index (χ3n) is 3.02. The van der Waals surface area contributed by atoms with Gasteiger partial charge in [0, 0.05) is 13.2 Å². The van der Waals surface area contributed by atoms with Crippen LogP contribution in [0.2, 0.25) is 0 Å². The molecule has 0 aliphatic carbocycles. The van der Waals surface area contributed by atoms with Gasteiger partial charge in [-0.3, -0.25) is 4.79 Å². The zero-order chi connectivity index (χ0) is 13.7. The smallest absolute Gasteiger partial charge is 0.260 e. The minimum atomic E-state index is -0.619. The van der Waals surface area contributed by atoms with Crippen molar-refractivity contribution >= 4 is 5.91 Å². The Morgan fingerprint density at radius 3 is 2.89 bits per heavy atom. The standard InChI is InChI=1S/C14H18FNO3/c1-10(19-12-6-4-11(15)5-7-12)14(17)16-9-13-3-2-8-18-13/h4-7,10,13H,2-3,8-9H2,1H3,(H,16,17)/t10-,13-/m1/s1. The quantitative estimate of drug-likeness (QED) is 0.886. The molecule has 19 heavy (non-hydrogen) atoms. The highest BCUT2D eigenvalue weighted by Gasteiger charge is 2.19. The molecule has 0 radical (unpaired) electrons. The molecule has 1 fully saturated rings. The van der Waals surface area contributed by atoms with Crippen molar-refractivity contribution in [2.75, 3.05) is 13.2 Å². The molecule has 1 N–H and O–H groups in total. The van der Waals surface area contributed by atoms with E-state index in [1.807, 2.05) is 0 Å². The maximum atomic E-state index is 12.7. The third-order valence-corrected chi connectivity index (χ3v) is 3.02. The van der Waals surface area contributed by atoms with E-state index < -0.39 is 6.10 Å². The molecular weight excluding hydrogens is 249 g/mol. The van der Waals surface area contributed by atoms with Crippen LogP contribution in [0.4, 0.5) is 4.39 Å². The van der Waals surface area contributed by atoms with Crippen LogP contribution in [0.5, 0.6) is 5.75 Å². The molecule has 0 aromatic heterocycles. The fourth-order valence-electron chi connectivity index (χ4n) is 1.93. The summed E-state index contributed by atoms with van der Waals surface area (Å²) in [6, 6.07) is 5.59. The van der Waals surface area contributed by atoms with E-state index in [2.05, 4.69) is 5.32 Å². The molecular formula is C14H18FNO3. The van der Waals surface area contributed by atoms with Crippen molar-refractivity contribution in [1.29, 1.82) is 0 Å². The topological polar surface area (TPSA) is 47.6 Å². The second-order valence-corrected chi connectivity index (χ2v) is 4.59. The Morgan fingerprint density at radius 1 is 1.53 bits per heavy atom. The number of amides is 1. The molecule has 2 rings (SSSR count). The number of hydrogen-bond acceptors (Lipinski definition) is 3. The van der Waals surface area contributed by atoms with Gasteiger partial charge in [-0.15, -0.1) is 0 Å². The van der Waals surface area contributed by atoms with E-state index in [1.165, 1.54) is 24.3 Å². The van der Waals surface area contributed by atoms with Gasteiger partial charge in [-0.1, -0.05) is 0 Å². The molecule has 1 aromatic rings. The molecule has 0 bridgehead atoms. The van der Waals surface area contributed by atoms with Crippen molar-refractivity contribution in [3.63, 3.8) is 0 Å². The van der Waals surface area contributed by atoms with Gasteiger partial charge in [-0.25, -0.2) is 4.39 Å². The van der Waals surface area contributed by atoms with Crippen LogP contribution in [0.3, 0.4) is 0 Å². The lowest BCUT2D eigenvalue weighted by Gasteiger charge is -2.16. The second kappa shape index (κ2) is 6.52. The maximum Gasteiger partial charge on any atom is 0.260 e. The average Bonchev–Trinajstić information content (AvgIpc) is 2.91. The van der Waals surface area contributed by atoms with Gasteiger partial charge < -0.3 is 14.8 Å². The van der Waals surface area contributed by atoms with Crippen LogP contribution in [-0.2, 0) is 9.53 Å². The van der Waals surface area contributed by atoms with E-state index in [0.29, 0.717) is 12.3 Å². The molecule has 104 valence electrons. The van der Waals surface area contributed by atoms with Crippen LogP contribution < -0.4 is 10.1 Å². The number of nitrogens with one attached hydrogen (secondary N) is 1. The summed E-state index contributed by atoms with van der Waals surface area (Å²) in [5.41, 5.74) is 0. The SMILES string of the molecule is C[C@@H](Oc1ccc(F)cc1)C(=O)NC[C@H]1CCCO1.